The van der Waals surface area contributed by atoms with Crippen molar-refractivity contribution in [3.05, 3.63) is 122 Å². The van der Waals surface area contributed by atoms with Gasteiger partial charge in [-0.25, -0.2) is 9.37 Å². The van der Waals surface area contributed by atoms with Gasteiger partial charge in [0.15, 0.2) is 11.5 Å². The van der Waals surface area contributed by atoms with Gasteiger partial charge < -0.3 is 18.6 Å². The number of rotatable bonds is 10. The van der Waals surface area contributed by atoms with Gasteiger partial charge in [0, 0.05) is 11.6 Å². The SMILES string of the molecule is CCOc1cc(C=Nn2c(-c3cc4c(OC)cccc4o3)nc3ccccc3c2=O)cc([N+](=O)[O-])c1OCc1cccc(F)c1. The van der Waals surface area contributed by atoms with Crippen LogP contribution in [0.15, 0.2) is 99.2 Å². The molecule has 226 valence electrons. The fourth-order valence-electron chi connectivity index (χ4n) is 4.85. The normalized spacial score (nSPS) is 11.4. The molecule has 0 fully saturated rings. The lowest BCUT2D eigenvalue weighted by Gasteiger charge is -2.13. The molecule has 11 nitrogen and oxygen atoms in total. The van der Waals surface area contributed by atoms with E-state index >= 15 is 0 Å². The van der Waals surface area contributed by atoms with Crippen molar-refractivity contribution in [1.82, 2.24) is 9.66 Å². The maximum Gasteiger partial charge on any atom is 0.315 e. The Morgan fingerprint density at radius 2 is 1.82 bits per heavy atom. The first-order valence-electron chi connectivity index (χ1n) is 13.8. The van der Waals surface area contributed by atoms with Gasteiger partial charge in [0.2, 0.25) is 11.6 Å². The maximum atomic E-state index is 13.7. The van der Waals surface area contributed by atoms with Gasteiger partial charge in [0.1, 0.15) is 23.8 Å². The van der Waals surface area contributed by atoms with E-state index in [0.717, 1.165) is 4.68 Å². The third kappa shape index (κ3) is 5.80. The summed E-state index contributed by atoms with van der Waals surface area (Å²) in [7, 11) is 1.55. The second-order valence-corrected chi connectivity index (χ2v) is 9.77. The summed E-state index contributed by atoms with van der Waals surface area (Å²) in [6, 6.07) is 22.3. The van der Waals surface area contributed by atoms with Crippen LogP contribution < -0.4 is 19.8 Å². The number of furan rings is 1. The summed E-state index contributed by atoms with van der Waals surface area (Å²) < 4.78 is 37.7. The molecule has 45 heavy (non-hydrogen) atoms. The average molecular weight is 609 g/mol. The number of halogens is 1. The minimum absolute atomic E-state index is 0.0816. The first kappa shape index (κ1) is 29.1. The molecule has 12 heteroatoms. The summed E-state index contributed by atoms with van der Waals surface area (Å²) in [5, 5.41) is 17.5. The summed E-state index contributed by atoms with van der Waals surface area (Å²) in [6.07, 6.45) is 1.29. The molecule has 0 aliphatic rings. The average Bonchev–Trinajstić information content (AvgIpc) is 3.48. The number of para-hydroxylation sites is 1. The zero-order chi connectivity index (χ0) is 31.5. The third-order valence-corrected chi connectivity index (χ3v) is 6.86. The second-order valence-electron chi connectivity index (χ2n) is 9.77. The highest BCUT2D eigenvalue weighted by Gasteiger charge is 2.23. The minimum Gasteiger partial charge on any atom is -0.496 e. The molecule has 0 N–H and O–H groups in total. The number of ether oxygens (including phenoxy) is 3. The molecule has 0 aliphatic carbocycles. The van der Waals surface area contributed by atoms with Crippen LogP contribution in [0.4, 0.5) is 10.1 Å². The number of nitro groups is 1. The smallest absolute Gasteiger partial charge is 0.315 e. The summed E-state index contributed by atoms with van der Waals surface area (Å²) in [5.41, 5.74) is 0.816. The van der Waals surface area contributed by atoms with E-state index in [2.05, 4.69) is 10.1 Å². The summed E-state index contributed by atoms with van der Waals surface area (Å²) in [6.45, 7) is 1.77. The molecular formula is C33H25FN4O7. The third-order valence-electron chi connectivity index (χ3n) is 6.86. The number of benzene rings is 4. The molecular weight excluding hydrogens is 583 g/mol. The van der Waals surface area contributed by atoms with Crippen LogP contribution in [0.1, 0.15) is 18.1 Å². The first-order chi connectivity index (χ1) is 21.9. The Kier molecular flexibility index (Phi) is 7.93. The molecule has 2 aromatic heterocycles. The van der Waals surface area contributed by atoms with Crippen molar-refractivity contribution >= 4 is 33.8 Å². The number of methoxy groups -OCH3 is 1. The molecule has 0 amide bonds. The van der Waals surface area contributed by atoms with Crippen molar-refractivity contribution in [2.24, 2.45) is 5.10 Å². The molecule has 0 saturated heterocycles. The van der Waals surface area contributed by atoms with E-state index in [9.17, 15) is 19.3 Å². The van der Waals surface area contributed by atoms with Gasteiger partial charge in [-0.2, -0.15) is 9.78 Å². The number of nitrogens with zero attached hydrogens (tertiary/aromatic N) is 4. The molecule has 4 aromatic carbocycles. The summed E-state index contributed by atoms with van der Waals surface area (Å²) in [5.74, 6) is 0.458. The minimum atomic E-state index is -0.613. The van der Waals surface area contributed by atoms with Gasteiger partial charge in [-0.3, -0.25) is 14.9 Å². The Labute approximate surface area is 254 Å². The van der Waals surface area contributed by atoms with Crippen LogP contribution >= 0.6 is 0 Å². The molecule has 0 bridgehead atoms. The van der Waals surface area contributed by atoms with Crippen molar-refractivity contribution in [2.75, 3.05) is 13.7 Å². The van der Waals surface area contributed by atoms with Gasteiger partial charge in [-0.05, 0) is 61.0 Å². The maximum absolute atomic E-state index is 13.7. The zero-order valence-electron chi connectivity index (χ0n) is 24.1. The number of nitro benzene ring substituents is 1. The van der Waals surface area contributed by atoms with Crippen molar-refractivity contribution in [2.45, 2.75) is 13.5 Å². The van der Waals surface area contributed by atoms with Gasteiger partial charge in [-0.1, -0.05) is 30.3 Å². The number of fused-ring (bicyclic) bond motifs is 2. The lowest BCUT2D eigenvalue weighted by atomic mass is 10.1. The van der Waals surface area contributed by atoms with Gasteiger partial charge in [0.25, 0.3) is 5.56 Å². The quantitative estimate of drug-likeness (QED) is 0.0951. The topological polar surface area (TPSA) is 131 Å². The molecule has 0 unspecified atom stereocenters. The first-order valence-corrected chi connectivity index (χ1v) is 13.8. The lowest BCUT2D eigenvalue weighted by Crippen LogP contribution is -2.20. The second kappa shape index (κ2) is 12.3. The van der Waals surface area contributed by atoms with Crippen LogP contribution in [0.2, 0.25) is 0 Å². The highest BCUT2D eigenvalue weighted by molar-refractivity contribution is 5.89. The Morgan fingerprint density at radius 1 is 1.00 bits per heavy atom. The van der Waals surface area contributed by atoms with Crippen LogP contribution in [0.3, 0.4) is 0 Å². The van der Waals surface area contributed by atoms with E-state index in [-0.39, 0.29) is 41.9 Å². The van der Waals surface area contributed by atoms with Gasteiger partial charge in [0.05, 0.1) is 41.1 Å². The molecule has 6 rings (SSSR count). The zero-order valence-corrected chi connectivity index (χ0v) is 24.1. The van der Waals surface area contributed by atoms with Crippen molar-refractivity contribution in [3.8, 4) is 28.8 Å². The number of hydrogen-bond acceptors (Lipinski definition) is 9. The van der Waals surface area contributed by atoms with E-state index in [0.29, 0.717) is 33.2 Å². The molecule has 0 saturated carbocycles. The van der Waals surface area contributed by atoms with Crippen LogP contribution in [0.5, 0.6) is 17.2 Å². The molecule has 2 heterocycles. The highest BCUT2D eigenvalue weighted by atomic mass is 19.1. The highest BCUT2D eigenvalue weighted by Crippen LogP contribution is 2.39. The Balaban J connectivity index is 1.45. The van der Waals surface area contributed by atoms with E-state index < -0.39 is 22.0 Å². The molecule has 0 aliphatic heterocycles. The van der Waals surface area contributed by atoms with Crippen LogP contribution in [-0.2, 0) is 6.61 Å². The fraction of sp³-hybridized carbons (Fsp3) is 0.121. The molecule has 0 spiro atoms. The van der Waals surface area contributed by atoms with E-state index in [4.69, 9.17) is 18.6 Å². The van der Waals surface area contributed by atoms with Crippen LogP contribution in [0.25, 0.3) is 33.5 Å². The predicted molar refractivity (Wildman–Crippen MR) is 166 cm³/mol. The fourth-order valence-corrected chi connectivity index (χ4v) is 4.85. The van der Waals surface area contributed by atoms with E-state index in [1.54, 1.807) is 68.6 Å². The number of aromatic nitrogens is 2. The van der Waals surface area contributed by atoms with E-state index in [1.807, 2.05) is 0 Å². The number of hydrogen-bond donors (Lipinski definition) is 0. The van der Waals surface area contributed by atoms with Crippen molar-refractivity contribution < 1.29 is 27.9 Å². The lowest BCUT2D eigenvalue weighted by molar-refractivity contribution is -0.386. The molecule has 0 radical (unpaired) electrons. The van der Waals surface area contributed by atoms with Crippen LogP contribution in [-0.4, -0.2) is 34.5 Å². The Bertz CT molecular complexity index is 2160. The van der Waals surface area contributed by atoms with Crippen LogP contribution in [0, 0.1) is 15.9 Å². The van der Waals surface area contributed by atoms with Crippen molar-refractivity contribution in [1.29, 1.82) is 0 Å². The Morgan fingerprint density at radius 3 is 2.60 bits per heavy atom. The van der Waals surface area contributed by atoms with Crippen molar-refractivity contribution in [3.63, 3.8) is 0 Å². The van der Waals surface area contributed by atoms with E-state index in [1.165, 1.54) is 36.5 Å². The summed E-state index contributed by atoms with van der Waals surface area (Å²) >= 11 is 0. The standard InChI is InChI=1S/C33H25FN4O7/c1-3-43-29-16-21(15-26(38(40)41)31(29)44-19-20-8-6-9-22(34)14-20)18-35-37-32(36-25-11-5-4-10-23(25)33(37)39)30-17-24-27(42-2)12-7-13-28(24)45-30/h4-18H,3,19H2,1-2H3. The predicted octanol–water partition coefficient (Wildman–Crippen LogP) is 6.73. The Hall–Kier alpha value is -6.04. The summed E-state index contributed by atoms with van der Waals surface area (Å²) in [4.78, 5) is 29.9. The molecule has 0 atom stereocenters. The molecule has 6 aromatic rings. The van der Waals surface area contributed by atoms with Gasteiger partial charge in [-0.15, -0.1) is 0 Å². The van der Waals surface area contributed by atoms with Gasteiger partial charge >= 0.3 is 5.69 Å². The largest absolute Gasteiger partial charge is 0.496 e. The monoisotopic (exact) mass is 608 g/mol.